The Balaban J connectivity index is 1.75. The third kappa shape index (κ3) is 3.60. The Bertz CT molecular complexity index is 849. The topological polar surface area (TPSA) is 87.5 Å². The molecule has 7 nitrogen and oxygen atoms in total. The molecule has 0 saturated heterocycles. The van der Waals surface area contributed by atoms with Crippen molar-refractivity contribution in [3.8, 4) is 0 Å². The Morgan fingerprint density at radius 3 is 2.65 bits per heavy atom. The Morgan fingerprint density at radius 2 is 2.12 bits per heavy atom. The predicted molar refractivity (Wildman–Crippen MR) is 101 cm³/mol. The Morgan fingerprint density at radius 1 is 1.42 bits per heavy atom. The highest BCUT2D eigenvalue weighted by atomic mass is 32.1. The minimum absolute atomic E-state index is 0.0324. The minimum atomic E-state index is -0.896. The number of amides is 2. The molecule has 0 radical (unpaired) electrons. The molecule has 8 heteroatoms. The summed E-state index contributed by atoms with van der Waals surface area (Å²) in [6.07, 6.45) is 3.24. The highest BCUT2D eigenvalue weighted by Gasteiger charge is 2.49. The predicted octanol–water partition coefficient (Wildman–Crippen LogP) is 3.68. The van der Waals surface area contributed by atoms with Crippen molar-refractivity contribution in [2.75, 3.05) is 5.32 Å². The van der Waals surface area contributed by atoms with Crippen molar-refractivity contribution in [3.63, 3.8) is 0 Å². The van der Waals surface area contributed by atoms with E-state index < -0.39 is 11.6 Å². The van der Waals surface area contributed by atoms with E-state index in [4.69, 9.17) is 0 Å². The summed E-state index contributed by atoms with van der Waals surface area (Å²) in [5.74, 6) is -0.0121. The molecule has 1 aliphatic rings. The molecule has 2 aromatic rings. The maximum absolute atomic E-state index is 12.5. The van der Waals surface area contributed by atoms with Gasteiger partial charge in [-0.2, -0.15) is 5.10 Å². The summed E-state index contributed by atoms with van der Waals surface area (Å²) in [6.45, 7) is 7.70. The van der Waals surface area contributed by atoms with Crippen molar-refractivity contribution < 1.29 is 14.7 Å². The summed E-state index contributed by atoms with van der Waals surface area (Å²) in [5.41, 5.74) is 1.28. The fourth-order valence-corrected chi connectivity index (χ4v) is 4.37. The zero-order chi connectivity index (χ0) is 19.2. The van der Waals surface area contributed by atoms with Crippen LogP contribution in [0, 0.1) is 6.92 Å². The van der Waals surface area contributed by atoms with Gasteiger partial charge in [-0.25, -0.2) is 4.79 Å². The number of rotatable bonds is 4. The lowest BCUT2D eigenvalue weighted by Crippen LogP contribution is -2.46. The van der Waals surface area contributed by atoms with Crippen molar-refractivity contribution in [3.05, 3.63) is 33.8 Å². The van der Waals surface area contributed by atoms with Gasteiger partial charge in [0.15, 0.2) is 0 Å². The number of carbonyl (C=O) groups is 2. The van der Waals surface area contributed by atoms with E-state index >= 15 is 0 Å². The van der Waals surface area contributed by atoms with Crippen LogP contribution in [-0.4, -0.2) is 43.4 Å². The fraction of sp³-hybridized carbons (Fsp3) is 0.500. The second kappa shape index (κ2) is 6.42. The number of hydrogen-bond donors (Lipinski definition) is 2. The molecule has 2 N–H and O–H groups in total. The van der Waals surface area contributed by atoms with Gasteiger partial charge in [-0.1, -0.05) is 0 Å². The smallest absolute Gasteiger partial charge is 0.408 e. The van der Waals surface area contributed by atoms with Gasteiger partial charge in [0.25, 0.3) is 5.91 Å². The van der Waals surface area contributed by atoms with E-state index in [0.29, 0.717) is 10.6 Å². The average molecular weight is 376 g/mol. The zero-order valence-electron chi connectivity index (χ0n) is 15.6. The number of nitrogens with zero attached hydrogens (tertiary/aromatic N) is 3. The maximum atomic E-state index is 12.5. The molecule has 1 fully saturated rings. The molecule has 0 aromatic carbocycles. The van der Waals surface area contributed by atoms with Gasteiger partial charge in [0.05, 0.1) is 16.8 Å². The molecule has 1 aliphatic carbocycles. The molecule has 3 rings (SSSR count). The molecule has 26 heavy (non-hydrogen) atoms. The van der Waals surface area contributed by atoms with Crippen molar-refractivity contribution in [2.24, 2.45) is 7.05 Å². The van der Waals surface area contributed by atoms with E-state index in [1.165, 1.54) is 16.2 Å². The second-order valence-electron chi connectivity index (χ2n) is 7.71. The van der Waals surface area contributed by atoms with Crippen LogP contribution in [0.2, 0.25) is 0 Å². The van der Waals surface area contributed by atoms with E-state index in [1.807, 2.05) is 33.8 Å². The summed E-state index contributed by atoms with van der Waals surface area (Å²) in [6, 6.07) is 1.87. The number of hydrogen-bond acceptors (Lipinski definition) is 4. The largest absolute Gasteiger partial charge is 0.465 e. The van der Waals surface area contributed by atoms with Gasteiger partial charge in [-0.15, -0.1) is 11.3 Å². The highest BCUT2D eigenvalue weighted by molar-refractivity contribution is 7.14. The van der Waals surface area contributed by atoms with Gasteiger partial charge in [0.2, 0.25) is 0 Å². The van der Waals surface area contributed by atoms with Crippen molar-refractivity contribution in [1.82, 2.24) is 14.7 Å². The SMILES string of the molecule is Cc1sc(C(=O)Nc2cnn(C)c2)cc1[C@@H]1C[C@H]1N(C(=O)O)C(C)(C)C. The van der Waals surface area contributed by atoms with Gasteiger partial charge in [0.1, 0.15) is 0 Å². The molecular weight excluding hydrogens is 352 g/mol. The molecule has 2 aromatic heterocycles. The standard InChI is InChI=1S/C18H24N4O3S/c1-10-12(13-6-14(13)22(17(24)25)18(2,3)4)7-15(26-10)16(23)20-11-8-19-21(5)9-11/h7-9,13-14H,6H2,1-5H3,(H,20,23)(H,24,25)/t13-,14+/m0/s1. The first-order chi connectivity index (χ1) is 12.1. The first-order valence-electron chi connectivity index (χ1n) is 8.50. The van der Waals surface area contributed by atoms with Gasteiger partial charge >= 0.3 is 6.09 Å². The van der Waals surface area contributed by atoms with E-state index in [-0.39, 0.29) is 17.9 Å². The van der Waals surface area contributed by atoms with Gasteiger partial charge in [-0.05, 0) is 45.7 Å². The van der Waals surface area contributed by atoms with E-state index in [0.717, 1.165) is 16.9 Å². The Labute approximate surface area is 156 Å². The van der Waals surface area contributed by atoms with Crippen molar-refractivity contribution in [1.29, 1.82) is 0 Å². The highest BCUT2D eigenvalue weighted by Crippen LogP contribution is 2.49. The van der Waals surface area contributed by atoms with Gasteiger partial charge < -0.3 is 10.4 Å². The average Bonchev–Trinajstić information content (AvgIpc) is 2.95. The molecule has 0 bridgehead atoms. The maximum Gasteiger partial charge on any atom is 0.408 e. The van der Waals surface area contributed by atoms with Crippen LogP contribution in [0.15, 0.2) is 18.5 Å². The number of aryl methyl sites for hydroxylation is 2. The van der Waals surface area contributed by atoms with E-state index in [1.54, 1.807) is 24.1 Å². The lowest BCUT2D eigenvalue weighted by atomic mass is 10.1. The molecule has 0 spiro atoms. The molecule has 2 heterocycles. The van der Waals surface area contributed by atoms with Crippen molar-refractivity contribution in [2.45, 2.75) is 51.6 Å². The summed E-state index contributed by atoms with van der Waals surface area (Å²) in [7, 11) is 1.79. The molecule has 1 saturated carbocycles. The molecule has 2 amide bonds. The number of nitrogens with one attached hydrogen (secondary N) is 1. The summed E-state index contributed by atoms with van der Waals surface area (Å²) in [4.78, 5) is 27.4. The number of carboxylic acid groups (broad SMARTS) is 1. The quantitative estimate of drug-likeness (QED) is 0.852. The lowest BCUT2D eigenvalue weighted by molar-refractivity contribution is 0.0938. The second-order valence-corrected chi connectivity index (χ2v) is 8.97. The molecule has 0 unspecified atom stereocenters. The van der Waals surface area contributed by atoms with Crippen LogP contribution in [0.4, 0.5) is 10.5 Å². The van der Waals surface area contributed by atoms with Gasteiger partial charge in [-0.3, -0.25) is 14.4 Å². The summed E-state index contributed by atoms with van der Waals surface area (Å²) < 4.78 is 1.63. The number of carbonyl (C=O) groups excluding carboxylic acids is 1. The summed E-state index contributed by atoms with van der Waals surface area (Å²) in [5, 5.41) is 16.4. The number of aromatic nitrogens is 2. The fourth-order valence-electron chi connectivity index (χ4n) is 3.38. The normalized spacial score (nSPS) is 19.3. The van der Waals surface area contributed by atoms with Crippen LogP contribution >= 0.6 is 11.3 Å². The first-order valence-corrected chi connectivity index (χ1v) is 9.32. The molecule has 140 valence electrons. The molecular formula is C18H24N4O3S. The number of anilines is 1. The van der Waals surface area contributed by atoms with Crippen LogP contribution in [0.5, 0.6) is 0 Å². The van der Waals surface area contributed by atoms with Crippen LogP contribution < -0.4 is 5.32 Å². The van der Waals surface area contributed by atoms with E-state index in [9.17, 15) is 14.7 Å². The van der Waals surface area contributed by atoms with Crippen LogP contribution in [0.25, 0.3) is 0 Å². The zero-order valence-corrected chi connectivity index (χ0v) is 16.4. The van der Waals surface area contributed by atoms with Crippen LogP contribution in [-0.2, 0) is 7.05 Å². The van der Waals surface area contributed by atoms with Gasteiger partial charge in [0, 0.05) is 35.6 Å². The summed E-state index contributed by atoms with van der Waals surface area (Å²) >= 11 is 1.44. The molecule has 2 atom stereocenters. The lowest BCUT2D eigenvalue weighted by Gasteiger charge is -2.33. The Kier molecular flexibility index (Phi) is 4.56. The van der Waals surface area contributed by atoms with Crippen LogP contribution in [0.1, 0.15) is 53.2 Å². The first kappa shape index (κ1) is 18.4. The number of thiophene rings is 1. The van der Waals surface area contributed by atoms with Crippen LogP contribution in [0.3, 0.4) is 0 Å². The molecule has 0 aliphatic heterocycles. The van der Waals surface area contributed by atoms with E-state index in [2.05, 4.69) is 10.4 Å². The van der Waals surface area contributed by atoms with Crippen molar-refractivity contribution >= 4 is 29.0 Å². The Hall–Kier alpha value is -2.35. The monoisotopic (exact) mass is 376 g/mol. The minimum Gasteiger partial charge on any atom is -0.465 e. The third-order valence-corrected chi connectivity index (χ3v) is 5.62. The third-order valence-electron chi connectivity index (χ3n) is 4.56.